The molecule has 0 radical (unpaired) electrons. The summed E-state index contributed by atoms with van der Waals surface area (Å²) in [6.07, 6.45) is 4.07. The summed E-state index contributed by atoms with van der Waals surface area (Å²) in [6.45, 7) is 5.58. The topological polar surface area (TPSA) is 52.6 Å². The quantitative estimate of drug-likeness (QED) is 0.792. The van der Waals surface area contributed by atoms with Gasteiger partial charge in [0.25, 0.3) is 0 Å². The smallest absolute Gasteiger partial charge is 0.224 e. The van der Waals surface area contributed by atoms with E-state index in [0.29, 0.717) is 24.2 Å². The molecular formula is C26H32N2O2. The molecule has 3 unspecified atom stereocenters. The maximum Gasteiger partial charge on any atom is 0.224 e. The molecule has 0 spiro atoms. The highest BCUT2D eigenvalue weighted by molar-refractivity contribution is 5.93. The number of nitrogens with zero attached hydrogens (tertiary/aromatic N) is 1. The van der Waals surface area contributed by atoms with Gasteiger partial charge in [-0.2, -0.15) is 0 Å². The van der Waals surface area contributed by atoms with E-state index in [4.69, 9.17) is 0 Å². The highest BCUT2D eigenvalue weighted by Crippen LogP contribution is 2.45. The van der Waals surface area contributed by atoms with Crippen molar-refractivity contribution in [3.8, 4) is 0 Å². The Labute approximate surface area is 179 Å². The first kappa shape index (κ1) is 19.8. The molecule has 2 fully saturated rings. The van der Waals surface area contributed by atoms with Crippen molar-refractivity contribution in [1.82, 2.24) is 4.90 Å². The van der Waals surface area contributed by atoms with E-state index in [-0.39, 0.29) is 5.91 Å². The lowest BCUT2D eigenvalue weighted by Crippen LogP contribution is -2.33. The molecule has 1 aliphatic carbocycles. The number of carbonyl (C=O) groups is 1. The largest absolute Gasteiger partial charge is 0.390 e. The van der Waals surface area contributed by atoms with Crippen molar-refractivity contribution in [3.05, 3.63) is 65.2 Å². The highest BCUT2D eigenvalue weighted by atomic mass is 16.3. The molecule has 158 valence electrons. The van der Waals surface area contributed by atoms with Crippen LogP contribution >= 0.6 is 0 Å². The molecule has 1 amide bonds. The molecule has 30 heavy (non-hydrogen) atoms. The Balaban J connectivity index is 1.18. The van der Waals surface area contributed by atoms with Crippen molar-refractivity contribution in [2.45, 2.75) is 50.5 Å². The fraction of sp³-hybridized carbons (Fsp3) is 0.500. The number of aliphatic hydroxyl groups is 1. The molecule has 0 bridgehead atoms. The zero-order valence-electron chi connectivity index (χ0n) is 17.8. The van der Waals surface area contributed by atoms with Gasteiger partial charge in [-0.05, 0) is 59.8 Å². The second-order valence-electron chi connectivity index (χ2n) is 9.90. The molecule has 3 atom stereocenters. The molecule has 2 aliphatic heterocycles. The van der Waals surface area contributed by atoms with Crippen LogP contribution in [0, 0.1) is 11.8 Å². The van der Waals surface area contributed by atoms with E-state index < -0.39 is 5.60 Å². The molecule has 5 rings (SSSR count). The van der Waals surface area contributed by atoms with E-state index in [1.165, 1.54) is 16.7 Å². The SMILES string of the molecule is CC(CN1CC2CC(O)(Cc3ccccc3)CC2C1)c1ccc2c(c1)CCC(=O)N2. The summed E-state index contributed by atoms with van der Waals surface area (Å²) in [5.41, 5.74) is 4.33. The van der Waals surface area contributed by atoms with E-state index >= 15 is 0 Å². The molecule has 2 heterocycles. The number of aryl methyl sites for hydroxylation is 1. The number of rotatable bonds is 5. The van der Waals surface area contributed by atoms with Crippen LogP contribution < -0.4 is 5.32 Å². The average Bonchev–Trinajstić information content (AvgIpc) is 3.21. The van der Waals surface area contributed by atoms with Crippen LogP contribution in [0.5, 0.6) is 0 Å². The molecule has 2 aromatic carbocycles. The van der Waals surface area contributed by atoms with Crippen molar-refractivity contribution < 1.29 is 9.90 Å². The second kappa shape index (κ2) is 7.82. The number of anilines is 1. The van der Waals surface area contributed by atoms with E-state index in [1.54, 1.807) is 0 Å². The Bertz CT molecular complexity index is 912. The lowest BCUT2D eigenvalue weighted by Gasteiger charge is -2.27. The Morgan fingerprint density at radius 3 is 2.57 bits per heavy atom. The number of fused-ring (bicyclic) bond motifs is 2. The third-order valence-electron chi connectivity index (χ3n) is 7.44. The summed E-state index contributed by atoms with van der Waals surface area (Å²) in [5.74, 6) is 1.82. The monoisotopic (exact) mass is 404 g/mol. The molecule has 0 aromatic heterocycles. The molecule has 4 nitrogen and oxygen atoms in total. The van der Waals surface area contributed by atoms with E-state index in [1.807, 2.05) is 6.07 Å². The Kier molecular flexibility index (Phi) is 5.16. The third kappa shape index (κ3) is 4.03. The molecule has 1 saturated heterocycles. The fourth-order valence-corrected chi connectivity index (χ4v) is 6.03. The average molecular weight is 405 g/mol. The zero-order valence-corrected chi connectivity index (χ0v) is 17.8. The zero-order chi connectivity index (χ0) is 20.7. The predicted octanol–water partition coefficient (Wildman–Crippen LogP) is 3.99. The number of benzene rings is 2. The normalized spacial score (nSPS) is 29.3. The molecule has 4 heteroatoms. The van der Waals surface area contributed by atoms with Gasteiger partial charge in [0.05, 0.1) is 5.60 Å². The molecule has 2 N–H and O–H groups in total. The lowest BCUT2D eigenvalue weighted by molar-refractivity contribution is -0.116. The third-order valence-corrected chi connectivity index (χ3v) is 7.44. The van der Waals surface area contributed by atoms with Crippen LogP contribution in [0.15, 0.2) is 48.5 Å². The lowest BCUT2D eigenvalue weighted by atomic mass is 9.91. The Morgan fingerprint density at radius 2 is 1.83 bits per heavy atom. The summed E-state index contributed by atoms with van der Waals surface area (Å²) < 4.78 is 0. The van der Waals surface area contributed by atoms with Gasteiger partial charge in [0, 0.05) is 38.2 Å². The van der Waals surface area contributed by atoms with Gasteiger partial charge < -0.3 is 15.3 Å². The van der Waals surface area contributed by atoms with Crippen molar-refractivity contribution >= 4 is 11.6 Å². The minimum atomic E-state index is -0.530. The summed E-state index contributed by atoms with van der Waals surface area (Å²) in [6, 6.07) is 16.9. The Hall–Kier alpha value is -2.17. The minimum absolute atomic E-state index is 0.124. The maximum absolute atomic E-state index is 11.6. The van der Waals surface area contributed by atoms with Crippen LogP contribution in [0.1, 0.15) is 48.8 Å². The molecule has 2 aromatic rings. The number of hydrogen-bond acceptors (Lipinski definition) is 3. The molecule has 1 saturated carbocycles. The predicted molar refractivity (Wildman–Crippen MR) is 120 cm³/mol. The van der Waals surface area contributed by atoms with Crippen molar-refractivity contribution in [3.63, 3.8) is 0 Å². The number of amides is 1. The number of hydrogen-bond donors (Lipinski definition) is 2. The van der Waals surface area contributed by atoms with Gasteiger partial charge in [0.2, 0.25) is 5.91 Å². The summed E-state index contributed by atoms with van der Waals surface area (Å²) in [5, 5.41) is 14.2. The number of carbonyl (C=O) groups excluding carboxylic acids is 1. The van der Waals surface area contributed by atoms with E-state index in [2.05, 4.69) is 59.6 Å². The van der Waals surface area contributed by atoms with Gasteiger partial charge in [0.1, 0.15) is 0 Å². The van der Waals surface area contributed by atoms with Crippen LogP contribution in [0.2, 0.25) is 0 Å². The van der Waals surface area contributed by atoms with Gasteiger partial charge in [-0.1, -0.05) is 49.4 Å². The minimum Gasteiger partial charge on any atom is -0.390 e. The fourth-order valence-electron chi connectivity index (χ4n) is 6.03. The molecule has 3 aliphatic rings. The summed E-state index contributed by atoms with van der Waals surface area (Å²) >= 11 is 0. The second-order valence-corrected chi connectivity index (χ2v) is 9.90. The van der Waals surface area contributed by atoms with Crippen LogP contribution in [0.3, 0.4) is 0 Å². The summed E-state index contributed by atoms with van der Waals surface area (Å²) in [7, 11) is 0. The van der Waals surface area contributed by atoms with Crippen molar-refractivity contribution in [2.24, 2.45) is 11.8 Å². The van der Waals surface area contributed by atoms with Crippen LogP contribution in [0.25, 0.3) is 0 Å². The highest BCUT2D eigenvalue weighted by Gasteiger charge is 2.48. The van der Waals surface area contributed by atoms with Gasteiger partial charge in [0.15, 0.2) is 0 Å². The number of likely N-dealkylation sites (tertiary alicyclic amines) is 1. The van der Waals surface area contributed by atoms with E-state index in [0.717, 1.165) is 51.0 Å². The van der Waals surface area contributed by atoms with Crippen molar-refractivity contribution in [2.75, 3.05) is 25.0 Å². The number of nitrogens with one attached hydrogen (secondary N) is 1. The van der Waals surface area contributed by atoms with Crippen molar-refractivity contribution in [1.29, 1.82) is 0 Å². The first-order chi connectivity index (χ1) is 14.5. The summed E-state index contributed by atoms with van der Waals surface area (Å²) in [4.78, 5) is 14.2. The van der Waals surface area contributed by atoms with Gasteiger partial charge in [-0.3, -0.25) is 4.79 Å². The van der Waals surface area contributed by atoms with Crippen LogP contribution in [-0.4, -0.2) is 41.1 Å². The van der Waals surface area contributed by atoms with Gasteiger partial charge in [-0.25, -0.2) is 0 Å². The molecular weight excluding hydrogens is 372 g/mol. The van der Waals surface area contributed by atoms with Crippen LogP contribution in [0.4, 0.5) is 5.69 Å². The first-order valence-corrected chi connectivity index (χ1v) is 11.4. The van der Waals surface area contributed by atoms with Crippen LogP contribution in [-0.2, 0) is 17.6 Å². The first-order valence-electron chi connectivity index (χ1n) is 11.4. The van der Waals surface area contributed by atoms with Gasteiger partial charge >= 0.3 is 0 Å². The standard InChI is InChI=1S/C26H32N2O2/c1-18(20-7-9-24-21(11-20)8-10-25(29)27-24)15-28-16-22-13-26(30,14-23(22)17-28)12-19-5-3-2-4-6-19/h2-7,9,11,18,22-23,30H,8,10,12-17H2,1H3,(H,27,29). The van der Waals surface area contributed by atoms with E-state index in [9.17, 15) is 9.90 Å². The Morgan fingerprint density at radius 1 is 1.10 bits per heavy atom. The maximum atomic E-state index is 11.6. The van der Waals surface area contributed by atoms with Gasteiger partial charge in [-0.15, -0.1) is 0 Å².